The molecule has 0 bridgehead atoms. The van der Waals surface area contributed by atoms with Crippen LogP contribution in [0.15, 0.2) is 53.6 Å². The van der Waals surface area contributed by atoms with Crippen molar-refractivity contribution in [3.63, 3.8) is 0 Å². The molecule has 0 heterocycles. The molecule has 0 aliphatic carbocycles. The van der Waals surface area contributed by atoms with Crippen LogP contribution in [-0.4, -0.2) is 36.3 Å². The Hall–Kier alpha value is -3.35. The molecule has 0 spiro atoms. The number of hydrogen-bond acceptors (Lipinski definition) is 5. The summed E-state index contributed by atoms with van der Waals surface area (Å²) in [4.78, 5) is 23.7. The minimum atomic E-state index is -0.538. The van der Waals surface area contributed by atoms with Gasteiger partial charge in [0.2, 0.25) is 0 Å². The van der Waals surface area contributed by atoms with Crippen molar-refractivity contribution < 1.29 is 19.4 Å². The monoisotopic (exact) mass is 341 g/mol. The lowest BCUT2D eigenvalue weighted by Crippen LogP contribution is -2.35. The van der Waals surface area contributed by atoms with Crippen molar-refractivity contribution in [1.82, 2.24) is 10.7 Å². The SMILES string of the molecule is COc1ccc(/C(C)=N\NC(=O)CNC(=O)c2ccccc2O)cc1. The van der Waals surface area contributed by atoms with Crippen LogP contribution in [0.5, 0.6) is 11.5 Å². The van der Waals surface area contributed by atoms with Gasteiger partial charge in [0.15, 0.2) is 0 Å². The molecule has 130 valence electrons. The maximum Gasteiger partial charge on any atom is 0.259 e. The highest BCUT2D eigenvalue weighted by molar-refractivity contribution is 6.00. The fourth-order valence-electron chi connectivity index (χ4n) is 2.00. The largest absolute Gasteiger partial charge is 0.507 e. The number of rotatable bonds is 6. The number of amides is 2. The molecular formula is C18H19N3O4. The van der Waals surface area contributed by atoms with Crippen molar-refractivity contribution in [1.29, 1.82) is 0 Å². The average Bonchev–Trinajstić information content (AvgIpc) is 2.64. The van der Waals surface area contributed by atoms with Crippen LogP contribution in [0, 0.1) is 0 Å². The molecule has 2 aromatic carbocycles. The first kappa shape index (κ1) is 18.0. The van der Waals surface area contributed by atoms with Gasteiger partial charge in [-0.1, -0.05) is 12.1 Å². The Balaban J connectivity index is 1.87. The first-order chi connectivity index (χ1) is 12.0. The highest BCUT2D eigenvalue weighted by atomic mass is 16.5. The summed E-state index contributed by atoms with van der Waals surface area (Å²) in [5, 5.41) is 16.0. The normalized spacial score (nSPS) is 10.9. The van der Waals surface area contributed by atoms with Crippen LogP contribution in [0.1, 0.15) is 22.8 Å². The molecule has 0 saturated carbocycles. The zero-order valence-corrected chi connectivity index (χ0v) is 13.9. The van der Waals surface area contributed by atoms with Gasteiger partial charge in [-0.2, -0.15) is 5.10 Å². The second-order valence-corrected chi connectivity index (χ2v) is 5.16. The average molecular weight is 341 g/mol. The highest BCUT2D eigenvalue weighted by Gasteiger charge is 2.11. The number of hydrogen-bond donors (Lipinski definition) is 3. The van der Waals surface area contributed by atoms with Gasteiger partial charge in [0.25, 0.3) is 11.8 Å². The molecule has 3 N–H and O–H groups in total. The summed E-state index contributed by atoms with van der Waals surface area (Å²) in [6, 6.07) is 13.3. The number of para-hydroxylation sites is 1. The molecule has 7 nitrogen and oxygen atoms in total. The van der Waals surface area contributed by atoms with Crippen LogP contribution < -0.4 is 15.5 Å². The number of nitrogens with one attached hydrogen (secondary N) is 2. The van der Waals surface area contributed by atoms with Gasteiger partial charge in [-0.25, -0.2) is 5.43 Å². The first-order valence-corrected chi connectivity index (χ1v) is 7.55. The first-order valence-electron chi connectivity index (χ1n) is 7.55. The molecule has 0 aliphatic heterocycles. The smallest absolute Gasteiger partial charge is 0.259 e. The number of benzene rings is 2. The summed E-state index contributed by atoms with van der Waals surface area (Å²) >= 11 is 0. The van der Waals surface area contributed by atoms with Crippen LogP contribution in [-0.2, 0) is 4.79 Å². The Morgan fingerprint density at radius 3 is 2.44 bits per heavy atom. The number of methoxy groups -OCH3 is 1. The van der Waals surface area contributed by atoms with Gasteiger partial charge in [0.1, 0.15) is 11.5 Å². The number of phenolic OH excluding ortho intramolecular Hbond substituents is 1. The third-order valence-electron chi connectivity index (χ3n) is 3.41. The van der Waals surface area contributed by atoms with Crippen LogP contribution in [0.2, 0.25) is 0 Å². The van der Waals surface area contributed by atoms with Gasteiger partial charge in [-0.15, -0.1) is 0 Å². The molecule has 0 saturated heterocycles. The third kappa shape index (κ3) is 5.07. The lowest BCUT2D eigenvalue weighted by atomic mass is 10.1. The van der Waals surface area contributed by atoms with Crippen LogP contribution >= 0.6 is 0 Å². The van der Waals surface area contributed by atoms with E-state index in [1.807, 2.05) is 12.1 Å². The zero-order valence-electron chi connectivity index (χ0n) is 13.9. The Labute approximate surface area is 145 Å². The Morgan fingerprint density at radius 2 is 1.80 bits per heavy atom. The van der Waals surface area contributed by atoms with Gasteiger partial charge in [0.05, 0.1) is 24.9 Å². The molecule has 2 amide bonds. The fraction of sp³-hybridized carbons (Fsp3) is 0.167. The number of nitrogens with zero attached hydrogens (tertiary/aromatic N) is 1. The van der Waals surface area contributed by atoms with E-state index in [4.69, 9.17) is 4.74 Å². The predicted molar refractivity (Wildman–Crippen MR) is 93.8 cm³/mol. The lowest BCUT2D eigenvalue weighted by molar-refractivity contribution is -0.120. The van der Waals surface area contributed by atoms with Crippen LogP contribution in [0.3, 0.4) is 0 Å². The second kappa shape index (κ2) is 8.49. The van der Waals surface area contributed by atoms with E-state index in [9.17, 15) is 14.7 Å². The minimum Gasteiger partial charge on any atom is -0.507 e. The van der Waals surface area contributed by atoms with E-state index >= 15 is 0 Å². The maximum absolute atomic E-state index is 11.9. The number of ether oxygens (including phenoxy) is 1. The molecule has 2 aromatic rings. The van der Waals surface area contributed by atoms with Crippen molar-refractivity contribution in [3.05, 3.63) is 59.7 Å². The molecule has 0 unspecified atom stereocenters. The van der Waals surface area contributed by atoms with Crippen LogP contribution in [0.4, 0.5) is 0 Å². The van der Waals surface area contributed by atoms with E-state index in [2.05, 4.69) is 15.8 Å². The zero-order chi connectivity index (χ0) is 18.2. The number of hydrazone groups is 1. The van der Waals surface area contributed by atoms with Gasteiger partial charge >= 0.3 is 0 Å². The van der Waals surface area contributed by atoms with Crippen molar-refractivity contribution in [2.24, 2.45) is 5.10 Å². The third-order valence-corrected chi connectivity index (χ3v) is 3.41. The van der Waals surface area contributed by atoms with E-state index in [-0.39, 0.29) is 17.9 Å². The quantitative estimate of drug-likeness (QED) is 0.550. The molecule has 0 aliphatic rings. The van der Waals surface area contributed by atoms with E-state index in [0.717, 1.165) is 11.3 Å². The summed E-state index contributed by atoms with van der Waals surface area (Å²) in [5.41, 5.74) is 3.92. The Morgan fingerprint density at radius 1 is 1.12 bits per heavy atom. The fourth-order valence-corrected chi connectivity index (χ4v) is 2.00. The maximum atomic E-state index is 11.9. The van der Waals surface area contributed by atoms with Crippen LogP contribution in [0.25, 0.3) is 0 Å². The number of carbonyl (C=O) groups is 2. The predicted octanol–water partition coefficient (Wildman–Crippen LogP) is 1.67. The topological polar surface area (TPSA) is 100 Å². The van der Waals surface area contributed by atoms with Crippen molar-refractivity contribution >= 4 is 17.5 Å². The van der Waals surface area contributed by atoms with Gasteiger partial charge < -0.3 is 15.2 Å². The van der Waals surface area contributed by atoms with E-state index in [1.54, 1.807) is 38.3 Å². The number of carbonyl (C=O) groups excluding carboxylic acids is 2. The molecular weight excluding hydrogens is 322 g/mol. The van der Waals surface area contributed by atoms with Gasteiger partial charge in [0, 0.05) is 0 Å². The summed E-state index contributed by atoms with van der Waals surface area (Å²) < 4.78 is 5.08. The lowest BCUT2D eigenvalue weighted by Gasteiger charge is -2.07. The van der Waals surface area contributed by atoms with E-state index in [1.165, 1.54) is 12.1 Å². The summed E-state index contributed by atoms with van der Waals surface area (Å²) in [6.45, 7) is 1.50. The molecule has 2 rings (SSSR count). The molecule has 25 heavy (non-hydrogen) atoms. The summed E-state index contributed by atoms with van der Waals surface area (Å²) in [7, 11) is 1.58. The van der Waals surface area contributed by atoms with E-state index in [0.29, 0.717) is 5.71 Å². The molecule has 0 aromatic heterocycles. The second-order valence-electron chi connectivity index (χ2n) is 5.16. The van der Waals surface area contributed by atoms with E-state index < -0.39 is 11.8 Å². The molecule has 0 radical (unpaired) electrons. The standard InChI is InChI=1S/C18H19N3O4/c1-12(13-7-9-14(25-2)10-8-13)20-21-17(23)11-19-18(24)15-5-3-4-6-16(15)22/h3-10,22H,11H2,1-2H3,(H,19,24)(H,21,23)/b20-12-. The molecule has 0 atom stereocenters. The van der Waals surface area contributed by atoms with Crippen molar-refractivity contribution in [2.75, 3.05) is 13.7 Å². The molecule has 0 fully saturated rings. The number of phenols is 1. The summed E-state index contributed by atoms with van der Waals surface area (Å²) in [6.07, 6.45) is 0. The van der Waals surface area contributed by atoms with Gasteiger partial charge in [-0.05, 0) is 48.9 Å². The Kier molecular flexibility index (Phi) is 6.11. The highest BCUT2D eigenvalue weighted by Crippen LogP contribution is 2.14. The minimum absolute atomic E-state index is 0.105. The van der Waals surface area contributed by atoms with Crippen molar-refractivity contribution in [2.45, 2.75) is 6.92 Å². The Bertz CT molecular complexity index is 785. The molecule has 7 heteroatoms. The summed E-state index contributed by atoms with van der Waals surface area (Å²) in [5.74, 6) is -0.429. The van der Waals surface area contributed by atoms with Gasteiger partial charge in [-0.3, -0.25) is 9.59 Å². The number of aromatic hydroxyl groups is 1. The van der Waals surface area contributed by atoms with Crippen molar-refractivity contribution in [3.8, 4) is 11.5 Å².